The summed E-state index contributed by atoms with van der Waals surface area (Å²) in [6.45, 7) is 6.72. The van der Waals surface area contributed by atoms with E-state index < -0.39 is 0 Å². The van der Waals surface area contributed by atoms with Crippen LogP contribution in [0, 0.1) is 19.8 Å². The van der Waals surface area contributed by atoms with Crippen molar-refractivity contribution in [2.45, 2.75) is 39.5 Å². The molecule has 2 aromatic rings. The van der Waals surface area contributed by atoms with Gasteiger partial charge >= 0.3 is 0 Å². The van der Waals surface area contributed by atoms with Gasteiger partial charge in [0.25, 0.3) is 0 Å². The molecule has 3 nitrogen and oxygen atoms in total. The Bertz CT molecular complexity index is 698. The number of hydrogen-bond donors (Lipinski definition) is 1. The number of para-hydroxylation sites is 1. The summed E-state index contributed by atoms with van der Waals surface area (Å²) < 4.78 is 0. The van der Waals surface area contributed by atoms with Crippen LogP contribution in [0.3, 0.4) is 0 Å². The fourth-order valence-corrected chi connectivity index (χ4v) is 3.88. The molecular formula is C23H30N2O. The molecule has 1 amide bonds. The number of carbonyl (C=O) groups excluding carboxylic acids is 1. The fourth-order valence-electron chi connectivity index (χ4n) is 3.88. The van der Waals surface area contributed by atoms with Gasteiger partial charge in [0.2, 0.25) is 5.91 Å². The number of nitrogens with zero attached hydrogens (tertiary/aromatic N) is 1. The van der Waals surface area contributed by atoms with E-state index in [1.54, 1.807) is 0 Å². The second-order valence-electron chi connectivity index (χ2n) is 7.46. The van der Waals surface area contributed by atoms with Crippen LogP contribution < -0.4 is 5.32 Å². The summed E-state index contributed by atoms with van der Waals surface area (Å²) in [6, 6.07) is 17.0. The van der Waals surface area contributed by atoms with Gasteiger partial charge in [-0.05, 0) is 55.7 Å². The second kappa shape index (κ2) is 8.88. The average Bonchev–Trinajstić information content (AvgIpc) is 2.65. The number of amides is 1. The van der Waals surface area contributed by atoms with E-state index in [0.29, 0.717) is 18.9 Å². The minimum Gasteiger partial charge on any atom is -0.384 e. The highest BCUT2D eigenvalue weighted by atomic mass is 16.2. The third kappa shape index (κ3) is 4.87. The Balaban J connectivity index is 1.41. The van der Waals surface area contributed by atoms with Gasteiger partial charge < -0.3 is 10.2 Å². The van der Waals surface area contributed by atoms with E-state index in [4.69, 9.17) is 0 Å². The van der Waals surface area contributed by atoms with E-state index in [1.807, 2.05) is 4.90 Å². The van der Waals surface area contributed by atoms with E-state index in [9.17, 15) is 4.79 Å². The highest BCUT2D eigenvalue weighted by Crippen LogP contribution is 2.22. The Morgan fingerprint density at radius 2 is 1.65 bits per heavy atom. The van der Waals surface area contributed by atoms with Crippen LogP contribution in [0.1, 0.15) is 36.0 Å². The van der Waals surface area contributed by atoms with Crippen molar-refractivity contribution in [1.82, 2.24) is 4.90 Å². The van der Waals surface area contributed by atoms with Gasteiger partial charge in [-0.2, -0.15) is 0 Å². The monoisotopic (exact) mass is 350 g/mol. The lowest BCUT2D eigenvalue weighted by atomic mass is 9.90. The van der Waals surface area contributed by atoms with Gasteiger partial charge in [-0.1, -0.05) is 48.5 Å². The molecule has 0 bridgehead atoms. The van der Waals surface area contributed by atoms with Crippen LogP contribution in [0.4, 0.5) is 5.69 Å². The normalized spacial score (nSPS) is 15.1. The van der Waals surface area contributed by atoms with Crippen molar-refractivity contribution in [3.8, 4) is 0 Å². The maximum Gasteiger partial charge on any atom is 0.224 e. The van der Waals surface area contributed by atoms with Crippen LogP contribution in [-0.2, 0) is 11.2 Å². The first-order valence-corrected chi connectivity index (χ1v) is 9.75. The van der Waals surface area contributed by atoms with Gasteiger partial charge in [-0.3, -0.25) is 4.79 Å². The molecule has 26 heavy (non-hydrogen) atoms. The summed E-state index contributed by atoms with van der Waals surface area (Å²) in [5.74, 6) is 0.982. The predicted molar refractivity (Wildman–Crippen MR) is 108 cm³/mol. The summed E-state index contributed by atoms with van der Waals surface area (Å²) in [5.41, 5.74) is 5.05. The van der Waals surface area contributed by atoms with Gasteiger partial charge in [0, 0.05) is 31.7 Å². The first kappa shape index (κ1) is 18.5. The van der Waals surface area contributed by atoms with Gasteiger partial charge in [0.05, 0.1) is 0 Å². The predicted octanol–water partition coefficient (Wildman–Crippen LogP) is 4.59. The molecule has 1 aliphatic rings. The molecule has 0 atom stereocenters. The summed E-state index contributed by atoms with van der Waals surface area (Å²) in [5, 5.41) is 3.45. The lowest BCUT2D eigenvalue weighted by molar-refractivity contribution is -0.132. The Kier molecular flexibility index (Phi) is 6.32. The molecule has 1 heterocycles. The molecule has 1 fully saturated rings. The Morgan fingerprint density at radius 1 is 1.00 bits per heavy atom. The molecule has 3 rings (SSSR count). The third-order valence-electron chi connectivity index (χ3n) is 5.46. The molecule has 3 heteroatoms. The molecule has 1 N–H and O–H groups in total. The third-order valence-corrected chi connectivity index (χ3v) is 5.46. The van der Waals surface area contributed by atoms with Gasteiger partial charge in [0.15, 0.2) is 0 Å². The Labute approximate surface area is 157 Å². The molecule has 0 saturated carbocycles. The number of piperidine rings is 1. The van der Waals surface area contributed by atoms with Gasteiger partial charge in [-0.25, -0.2) is 0 Å². The van der Waals surface area contributed by atoms with E-state index >= 15 is 0 Å². The van der Waals surface area contributed by atoms with Gasteiger partial charge in [0.1, 0.15) is 0 Å². The van der Waals surface area contributed by atoms with Crippen molar-refractivity contribution in [2.24, 2.45) is 5.92 Å². The van der Waals surface area contributed by atoms with E-state index in [0.717, 1.165) is 32.4 Å². The topological polar surface area (TPSA) is 32.3 Å². The second-order valence-corrected chi connectivity index (χ2v) is 7.46. The smallest absolute Gasteiger partial charge is 0.224 e. The maximum absolute atomic E-state index is 12.5. The first-order chi connectivity index (χ1) is 12.6. The minimum absolute atomic E-state index is 0.280. The first-order valence-electron chi connectivity index (χ1n) is 9.75. The SMILES string of the molecule is Cc1cccc(C)c1NCCC(=O)N1CCC(Cc2ccccc2)CC1. The van der Waals surface area contributed by atoms with Crippen molar-refractivity contribution in [3.05, 3.63) is 65.2 Å². The minimum atomic E-state index is 0.280. The number of aryl methyl sites for hydroxylation is 2. The number of carbonyl (C=O) groups is 1. The van der Waals surface area contributed by atoms with Crippen LogP contribution in [0.25, 0.3) is 0 Å². The summed E-state index contributed by atoms with van der Waals surface area (Å²) >= 11 is 0. The lowest BCUT2D eigenvalue weighted by Gasteiger charge is -2.32. The molecule has 0 spiro atoms. The molecule has 0 aliphatic carbocycles. The number of nitrogens with one attached hydrogen (secondary N) is 1. The fraction of sp³-hybridized carbons (Fsp3) is 0.435. The number of likely N-dealkylation sites (tertiary alicyclic amines) is 1. The molecule has 1 saturated heterocycles. The molecule has 2 aromatic carbocycles. The van der Waals surface area contributed by atoms with Gasteiger partial charge in [-0.15, -0.1) is 0 Å². The van der Waals surface area contributed by atoms with Crippen LogP contribution >= 0.6 is 0 Å². The zero-order valence-electron chi connectivity index (χ0n) is 16.0. The zero-order valence-corrected chi connectivity index (χ0v) is 16.0. The maximum atomic E-state index is 12.5. The number of anilines is 1. The van der Waals surface area contributed by atoms with E-state index in [2.05, 4.69) is 67.7 Å². The van der Waals surface area contributed by atoms with Crippen molar-refractivity contribution >= 4 is 11.6 Å². The van der Waals surface area contributed by atoms with Crippen LogP contribution in [0.15, 0.2) is 48.5 Å². The summed E-state index contributed by atoms with van der Waals surface area (Å²) in [6.07, 6.45) is 3.93. The Morgan fingerprint density at radius 3 is 2.31 bits per heavy atom. The quantitative estimate of drug-likeness (QED) is 0.826. The number of benzene rings is 2. The van der Waals surface area contributed by atoms with Crippen molar-refractivity contribution in [2.75, 3.05) is 25.0 Å². The Hall–Kier alpha value is -2.29. The van der Waals surface area contributed by atoms with Crippen LogP contribution in [0.2, 0.25) is 0 Å². The molecular weight excluding hydrogens is 320 g/mol. The standard InChI is InChI=1S/C23H30N2O/c1-18-7-6-8-19(2)23(18)24-14-11-22(26)25-15-12-21(13-16-25)17-20-9-4-3-5-10-20/h3-10,21,24H,11-17H2,1-2H3. The molecule has 0 aromatic heterocycles. The molecule has 0 unspecified atom stereocenters. The highest BCUT2D eigenvalue weighted by Gasteiger charge is 2.22. The van der Waals surface area contributed by atoms with E-state index in [-0.39, 0.29) is 5.91 Å². The largest absolute Gasteiger partial charge is 0.384 e. The summed E-state index contributed by atoms with van der Waals surface area (Å²) in [4.78, 5) is 14.6. The molecule has 138 valence electrons. The van der Waals surface area contributed by atoms with E-state index in [1.165, 1.54) is 22.4 Å². The van der Waals surface area contributed by atoms with Crippen molar-refractivity contribution in [1.29, 1.82) is 0 Å². The number of rotatable bonds is 6. The highest BCUT2D eigenvalue weighted by molar-refractivity contribution is 5.77. The molecule has 1 aliphatic heterocycles. The average molecular weight is 351 g/mol. The van der Waals surface area contributed by atoms with Crippen molar-refractivity contribution < 1.29 is 4.79 Å². The summed E-state index contributed by atoms with van der Waals surface area (Å²) in [7, 11) is 0. The lowest BCUT2D eigenvalue weighted by Crippen LogP contribution is -2.39. The van der Waals surface area contributed by atoms with Crippen LogP contribution in [0.5, 0.6) is 0 Å². The van der Waals surface area contributed by atoms with Crippen LogP contribution in [-0.4, -0.2) is 30.4 Å². The molecule has 0 radical (unpaired) electrons. The van der Waals surface area contributed by atoms with Crippen molar-refractivity contribution in [3.63, 3.8) is 0 Å². The zero-order chi connectivity index (χ0) is 18.4. The number of hydrogen-bond acceptors (Lipinski definition) is 2.